The van der Waals surface area contributed by atoms with Gasteiger partial charge >= 0.3 is 0 Å². The molecule has 3 heterocycles. The van der Waals surface area contributed by atoms with E-state index in [0.29, 0.717) is 18.1 Å². The summed E-state index contributed by atoms with van der Waals surface area (Å²) in [5.74, 6) is -0.0424. The van der Waals surface area contributed by atoms with Crippen LogP contribution in [0.25, 0.3) is 5.69 Å². The number of thiocarbonyl (C=S) groups is 1. The molecule has 1 fully saturated rings. The maximum absolute atomic E-state index is 12.8. The van der Waals surface area contributed by atoms with Crippen LogP contribution in [0.4, 0.5) is 5.69 Å². The first-order valence-electron chi connectivity index (χ1n) is 12.5. The molecule has 6 nitrogen and oxygen atoms in total. The number of amides is 1. The zero-order valence-corrected chi connectivity index (χ0v) is 22.1. The molecule has 2 N–H and O–H groups in total. The van der Waals surface area contributed by atoms with Crippen LogP contribution in [-0.2, 0) is 4.79 Å². The number of carbonyl (C=O) groups is 1. The molecular weight excluding hydrogens is 478 g/mol. The van der Waals surface area contributed by atoms with Crippen molar-refractivity contribution in [2.45, 2.75) is 39.3 Å². The normalized spacial score (nSPS) is 17.1. The lowest BCUT2D eigenvalue weighted by atomic mass is 9.96. The second kappa shape index (κ2) is 10.6. The third-order valence-electron chi connectivity index (χ3n) is 6.92. The summed E-state index contributed by atoms with van der Waals surface area (Å²) < 4.78 is 2.28. The van der Waals surface area contributed by atoms with E-state index in [4.69, 9.17) is 12.2 Å². The number of carbonyl (C=O) groups excluding carboxylic acids is 1. The summed E-state index contributed by atoms with van der Waals surface area (Å²) in [6.07, 6.45) is 2.13. The Labute approximate surface area is 223 Å². The molecule has 37 heavy (non-hydrogen) atoms. The first-order chi connectivity index (χ1) is 17.9. The van der Waals surface area contributed by atoms with Crippen LogP contribution in [0.15, 0.2) is 85.1 Å². The molecule has 2 aromatic carbocycles. The number of nitrogens with one attached hydrogen (secondary N) is 2. The van der Waals surface area contributed by atoms with Gasteiger partial charge in [-0.05, 0) is 81.0 Å². The minimum absolute atomic E-state index is 0.0424. The molecule has 0 radical (unpaired) electrons. The van der Waals surface area contributed by atoms with Gasteiger partial charge < -0.3 is 20.1 Å². The number of benzene rings is 2. The summed E-state index contributed by atoms with van der Waals surface area (Å²) in [5, 5.41) is 7.12. The predicted molar refractivity (Wildman–Crippen MR) is 152 cm³/mol. The number of nitrogens with zero attached hydrogens (tertiary/aromatic N) is 3. The fourth-order valence-electron chi connectivity index (χ4n) is 5.13. The Kier molecular flexibility index (Phi) is 7.06. The SMILES string of the molecule is Cc1ccc(-n2c(C)cc([C@H]3[C@@H](c4ccccn4)NC(=S)N3CCC(=O)Nc3ccccc3)c2C)cc1. The van der Waals surface area contributed by atoms with E-state index in [2.05, 4.69) is 76.2 Å². The number of pyridine rings is 1. The molecular formula is C30H31N5OS. The Balaban J connectivity index is 1.47. The van der Waals surface area contributed by atoms with Crippen LogP contribution in [0.2, 0.25) is 0 Å². The quantitative estimate of drug-likeness (QED) is 0.309. The van der Waals surface area contributed by atoms with E-state index in [9.17, 15) is 4.79 Å². The van der Waals surface area contributed by atoms with Crippen molar-refractivity contribution in [1.82, 2.24) is 19.8 Å². The third-order valence-corrected chi connectivity index (χ3v) is 7.27. The van der Waals surface area contributed by atoms with Crippen molar-refractivity contribution < 1.29 is 4.79 Å². The van der Waals surface area contributed by atoms with Crippen molar-refractivity contribution in [2.75, 3.05) is 11.9 Å². The van der Waals surface area contributed by atoms with Crippen LogP contribution in [-0.4, -0.2) is 32.0 Å². The fourth-order valence-corrected chi connectivity index (χ4v) is 5.46. The highest BCUT2D eigenvalue weighted by Crippen LogP contribution is 2.41. The van der Waals surface area contributed by atoms with Gasteiger partial charge in [-0.15, -0.1) is 0 Å². The molecule has 1 aliphatic heterocycles. The molecule has 0 aliphatic carbocycles. The van der Waals surface area contributed by atoms with Crippen LogP contribution < -0.4 is 10.6 Å². The molecule has 0 unspecified atom stereocenters. The molecule has 0 bridgehead atoms. The molecule has 2 aromatic heterocycles. The molecule has 0 spiro atoms. The van der Waals surface area contributed by atoms with E-state index in [1.807, 2.05) is 54.7 Å². The number of anilines is 1. The number of aromatic nitrogens is 2. The van der Waals surface area contributed by atoms with Gasteiger partial charge in [0.2, 0.25) is 5.91 Å². The first-order valence-corrected chi connectivity index (χ1v) is 12.9. The molecule has 1 saturated heterocycles. The van der Waals surface area contributed by atoms with Gasteiger partial charge in [0, 0.05) is 41.9 Å². The highest BCUT2D eigenvalue weighted by molar-refractivity contribution is 7.80. The molecule has 1 amide bonds. The third kappa shape index (κ3) is 5.13. The summed E-state index contributed by atoms with van der Waals surface area (Å²) in [6.45, 7) is 6.87. The molecule has 7 heteroatoms. The average Bonchev–Trinajstić information content (AvgIpc) is 3.39. The predicted octanol–water partition coefficient (Wildman–Crippen LogP) is 5.80. The largest absolute Gasteiger partial charge is 0.352 e. The van der Waals surface area contributed by atoms with E-state index >= 15 is 0 Å². The number of hydrogen-bond donors (Lipinski definition) is 2. The Morgan fingerprint density at radius 2 is 1.73 bits per heavy atom. The van der Waals surface area contributed by atoms with E-state index < -0.39 is 0 Å². The highest BCUT2D eigenvalue weighted by atomic mass is 32.1. The zero-order chi connectivity index (χ0) is 25.9. The van der Waals surface area contributed by atoms with Crippen molar-refractivity contribution in [3.8, 4) is 5.69 Å². The van der Waals surface area contributed by atoms with Gasteiger partial charge in [0.15, 0.2) is 5.11 Å². The van der Waals surface area contributed by atoms with Gasteiger partial charge in [-0.2, -0.15) is 0 Å². The van der Waals surface area contributed by atoms with Gasteiger partial charge in [0.25, 0.3) is 0 Å². The van der Waals surface area contributed by atoms with E-state index in [1.54, 1.807) is 0 Å². The first kappa shape index (κ1) is 24.7. The molecule has 5 rings (SSSR count). The lowest BCUT2D eigenvalue weighted by Crippen LogP contribution is -2.32. The number of rotatable bonds is 7. The molecule has 1 aliphatic rings. The number of para-hydroxylation sites is 1. The summed E-state index contributed by atoms with van der Waals surface area (Å²) >= 11 is 5.82. The monoisotopic (exact) mass is 509 g/mol. The van der Waals surface area contributed by atoms with Crippen LogP contribution in [0, 0.1) is 20.8 Å². The van der Waals surface area contributed by atoms with Crippen LogP contribution in [0.3, 0.4) is 0 Å². The fraction of sp³-hybridized carbons (Fsp3) is 0.233. The average molecular weight is 510 g/mol. The topological polar surface area (TPSA) is 62.2 Å². The Hall–Kier alpha value is -3.97. The minimum Gasteiger partial charge on any atom is -0.352 e. The number of hydrogen-bond acceptors (Lipinski definition) is 3. The summed E-state index contributed by atoms with van der Waals surface area (Å²) in [6, 6.07) is 26.0. The minimum atomic E-state index is -0.127. The summed E-state index contributed by atoms with van der Waals surface area (Å²) in [7, 11) is 0. The summed E-state index contributed by atoms with van der Waals surface area (Å²) in [5.41, 5.74) is 7.54. The van der Waals surface area contributed by atoms with Gasteiger partial charge in [-0.1, -0.05) is 42.0 Å². The smallest absolute Gasteiger partial charge is 0.226 e. The van der Waals surface area contributed by atoms with E-state index in [1.165, 1.54) is 11.1 Å². The van der Waals surface area contributed by atoms with Crippen LogP contribution in [0.1, 0.15) is 46.7 Å². The zero-order valence-electron chi connectivity index (χ0n) is 21.3. The van der Waals surface area contributed by atoms with Gasteiger partial charge in [0.1, 0.15) is 0 Å². The van der Waals surface area contributed by atoms with Gasteiger partial charge in [0.05, 0.1) is 17.8 Å². The second-order valence-electron chi connectivity index (χ2n) is 9.48. The van der Waals surface area contributed by atoms with Crippen molar-refractivity contribution in [2.24, 2.45) is 0 Å². The highest BCUT2D eigenvalue weighted by Gasteiger charge is 2.41. The van der Waals surface area contributed by atoms with E-state index in [-0.39, 0.29) is 18.0 Å². The van der Waals surface area contributed by atoms with Gasteiger partial charge in [-0.25, -0.2) is 0 Å². The molecule has 188 valence electrons. The Morgan fingerprint density at radius 1 is 1.00 bits per heavy atom. The van der Waals surface area contributed by atoms with Crippen LogP contribution >= 0.6 is 12.2 Å². The Morgan fingerprint density at radius 3 is 2.43 bits per heavy atom. The Bertz CT molecular complexity index is 1400. The lowest BCUT2D eigenvalue weighted by Gasteiger charge is -2.28. The standard InChI is InChI=1S/C30H31N5OS/c1-20-12-14-24(15-13-20)35-21(2)19-25(22(35)3)29-28(26-11-7-8-17-31-26)33-30(37)34(29)18-16-27(36)32-23-9-5-4-6-10-23/h4-15,17,19,28-29H,16,18H2,1-3H3,(H,32,36)(H,33,37)/t28-,29+/m1/s1. The van der Waals surface area contributed by atoms with Crippen molar-refractivity contribution in [3.63, 3.8) is 0 Å². The molecule has 0 saturated carbocycles. The molecule has 2 atom stereocenters. The van der Waals surface area contributed by atoms with Gasteiger partial charge in [-0.3, -0.25) is 9.78 Å². The number of aryl methyl sites for hydroxylation is 2. The second-order valence-corrected chi connectivity index (χ2v) is 9.87. The lowest BCUT2D eigenvalue weighted by molar-refractivity contribution is -0.116. The van der Waals surface area contributed by atoms with Crippen LogP contribution in [0.5, 0.6) is 0 Å². The maximum Gasteiger partial charge on any atom is 0.226 e. The van der Waals surface area contributed by atoms with Crippen molar-refractivity contribution in [1.29, 1.82) is 0 Å². The maximum atomic E-state index is 12.8. The van der Waals surface area contributed by atoms with Crippen molar-refractivity contribution >= 4 is 28.9 Å². The summed E-state index contributed by atoms with van der Waals surface area (Å²) in [4.78, 5) is 19.6. The molecule has 4 aromatic rings. The van der Waals surface area contributed by atoms with Crippen molar-refractivity contribution in [3.05, 3.63) is 113 Å². The van der Waals surface area contributed by atoms with E-state index in [0.717, 1.165) is 28.5 Å².